The maximum Gasteiger partial charge on any atom is 0.292 e. The molecule has 3 rings (SSSR count). The van der Waals surface area contributed by atoms with E-state index in [0.717, 1.165) is 5.69 Å². The van der Waals surface area contributed by atoms with Gasteiger partial charge < -0.3 is 10.4 Å². The smallest absolute Gasteiger partial charge is 0.292 e. The molecular formula is C16H15N5O3. The summed E-state index contributed by atoms with van der Waals surface area (Å²) >= 11 is 0. The van der Waals surface area contributed by atoms with Gasteiger partial charge in [-0.2, -0.15) is 0 Å². The van der Waals surface area contributed by atoms with Gasteiger partial charge in [-0.15, -0.1) is 5.10 Å². The van der Waals surface area contributed by atoms with Crippen LogP contribution in [0, 0.1) is 10.1 Å². The number of benzene rings is 2. The molecule has 0 bridgehead atoms. The lowest BCUT2D eigenvalue weighted by molar-refractivity contribution is -0.384. The average Bonchev–Trinajstić information content (AvgIpc) is 3.09. The van der Waals surface area contributed by atoms with E-state index in [1.54, 1.807) is 16.9 Å². The molecule has 0 saturated carbocycles. The largest absolute Gasteiger partial charge is 0.392 e. The molecule has 1 heterocycles. The van der Waals surface area contributed by atoms with Gasteiger partial charge in [-0.05, 0) is 29.8 Å². The van der Waals surface area contributed by atoms with Gasteiger partial charge in [-0.3, -0.25) is 10.1 Å². The molecule has 2 aromatic carbocycles. The molecule has 0 aliphatic rings. The SMILES string of the molecule is O=[N+]([O-])c1ccc(CO)cc1NCc1cn(-c2ccccc2)nn1. The standard InChI is InChI=1S/C16H15N5O3/c22-11-12-6-7-16(21(23)24)15(8-12)17-9-13-10-20(19-18-13)14-4-2-1-3-5-14/h1-8,10,17,22H,9,11H2. The van der Waals surface area contributed by atoms with Crippen LogP contribution in [0.1, 0.15) is 11.3 Å². The molecule has 122 valence electrons. The highest BCUT2D eigenvalue weighted by Gasteiger charge is 2.14. The molecule has 2 N–H and O–H groups in total. The summed E-state index contributed by atoms with van der Waals surface area (Å²) in [4.78, 5) is 10.6. The monoisotopic (exact) mass is 325 g/mol. The Morgan fingerprint density at radius 2 is 2.00 bits per heavy atom. The van der Waals surface area contributed by atoms with Gasteiger partial charge in [0.05, 0.1) is 30.0 Å². The molecule has 8 nitrogen and oxygen atoms in total. The second kappa shape index (κ2) is 6.88. The summed E-state index contributed by atoms with van der Waals surface area (Å²) in [5, 5.41) is 31.4. The first kappa shape index (κ1) is 15.6. The second-order valence-electron chi connectivity index (χ2n) is 5.11. The van der Waals surface area contributed by atoms with E-state index in [4.69, 9.17) is 0 Å². The van der Waals surface area contributed by atoms with E-state index in [9.17, 15) is 15.2 Å². The maximum absolute atomic E-state index is 11.1. The molecule has 0 atom stereocenters. The Balaban J connectivity index is 1.77. The van der Waals surface area contributed by atoms with Crippen LogP contribution in [0.4, 0.5) is 11.4 Å². The molecule has 0 aliphatic carbocycles. The van der Waals surface area contributed by atoms with Crippen LogP contribution in [0.25, 0.3) is 5.69 Å². The van der Waals surface area contributed by atoms with Crippen LogP contribution in [0.2, 0.25) is 0 Å². The van der Waals surface area contributed by atoms with Gasteiger partial charge in [0.15, 0.2) is 0 Å². The normalized spacial score (nSPS) is 10.5. The first-order valence-corrected chi connectivity index (χ1v) is 7.26. The van der Waals surface area contributed by atoms with Crippen LogP contribution < -0.4 is 5.32 Å². The van der Waals surface area contributed by atoms with E-state index in [2.05, 4.69) is 15.6 Å². The lowest BCUT2D eigenvalue weighted by atomic mass is 10.2. The van der Waals surface area contributed by atoms with E-state index in [1.807, 2.05) is 30.3 Å². The summed E-state index contributed by atoms with van der Waals surface area (Å²) in [5.41, 5.74) is 2.39. The Bertz CT molecular complexity index is 848. The number of para-hydroxylation sites is 1. The molecule has 0 amide bonds. The summed E-state index contributed by atoms with van der Waals surface area (Å²) in [6, 6.07) is 14.0. The van der Waals surface area contributed by atoms with Crippen molar-refractivity contribution in [2.45, 2.75) is 13.2 Å². The lowest BCUT2D eigenvalue weighted by Crippen LogP contribution is -2.04. The third-order valence-electron chi connectivity index (χ3n) is 3.46. The first-order chi connectivity index (χ1) is 11.7. The molecule has 0 aliphatic heterocycles. The van der Waals surface area contributed by atoms with Crippen molar-refractivity contribution in [3.63, 3.8) is 0 Å². The van der Waals surface area contributed by atoms with Crippen molar-refractivity contribution >= 4 is 11.4 Å². The summed E-state index contributed by atoms with van der Waals surface area (Å²) < 4.78 is 1.63. The zero-order chi connectivity index (χ0) is 16.9. The van der Waals surface area contributed by atoms with Crippen molar-refractivity contribution in [3.05, 3.63) is 76.1 Å². The number of aliphatic hydroxyl groups excluding tert-OH is 1. The lowest BCUT2D eigenvalue weighted by Gasteiger charge is -2.07. The fraction of sp³-hybridized carbons (Fsp3) is 0.125. The predicted octanol–water partition coefficient (Wildman–Crippen LogP) is 2.28. The number of aliphatic hydroxyl groups is 1. The highest BCUT2D eigenvalue weighted by molar-refractivity contribution is 5.62. The van der Waals surface area contributed by atoms with E-state index < -0.39 is 4.92 Å². The van der Waals surface area contributed by atoms with Gasteiger partial charge >= 0.3 is 0 Å². The summed E-state index contributed by atoms with van der Waals surface area (Å²) in [6.07, 6.45) is 1.75. The van der Waals surface area contributed by atoms with Crippen LogP contribution in [-0.4, -0.2) is 25.0 Å². The van der Waals surface area contributed by atoms with Gasteiger partial charge in [-0.1, -0.05) is 23.4 Å². The number of rotatable bonds is 6. The van der Waals surface area contributed by atoms with Gasteiger partial charge in [0.25, 0.3) is 5.69 Å². The Morgan fingerprint density at radius 3 is 2.71 bits per heavy atom. The van der Waals surface area contributed by atoms with Crippen LogP contribution in [0.15, 0.2) is 54.7 Å². The average molecular weight is 325 g/mol. The van der Waals surface area contributed by atoms with Gasteiger partial charge in [0, 0.05) is 6.07 Å². The topological polar surface area (TPSA) is 106 Å². The third kappa shape index (κ3) is 3.39. The molecule has 0 fully saturated rings. The maximum atomic E-state index is 11.1. The fourth-order valence-corrected chi connectivity index (χ4v) is 2.25. The van der Waals surface area contributed by atoms with Crippen LogP contribution in [0.5, 0.6) is 0 Å². The van der Waals surface area contributed by atoms with Crippen molar-refractivity contribution in [2.75, 3.05) is 5.32 Å². The van der Waals surface area contributed by atoms with E-state index in [1.165, 1.54) is 12.1 Å². The zero-order valence-corrected chi connectivity index (χ0v) is 12.7. The van der Waals surface area contributed by atoms with Gasteiger partial charge in [0.2, 0.25) is 0 Å². The molecule has 0 radical (unpaired) electrons. The minimum absolute atomic E-state index is 0.0531. The van der Waals surface area contributed by atoms with Crippen molar-refractivity contribution in [3.8, 4) is 5.69 Å². The van der Waals surface area contributed by atoms with Gasteiger partial charge in [0.1, 0.15) is 11.4 Å². The van der Waals surface area contributed by atoms with Crippen molar-refractivity contribution in [2.24, 2.45) is 0 Å². The molecule has 24 heavy (non-hydrogen) atoms. The Hall–Kier alpha value is -3.26. The van der Waals surface area contributed by atoms with E-state index >= 15 is 0 Å². The predicted molar refractivity (Wildman–Crippen MR) is 87.7 cm³/mol. The third-order valence-corrected chi connectivity index (χ3v) is 3.46. The zero-order valence-electron chi connectivity index (χ0n) is 12.7. The molecule has 0 spiro atoms. The summed E-state index contributed by atoms with van der Waals surface area (Å²) in [7, 11) is 0. The molecule has 0 saturated heterocycles. The summed E-state index contributed by atoms with van der Waals surface area (Å²) in [6.45, 7) is 0.0966. The van der Waals surface area contributed by atoms with E-state index in [-0.39, 0.29) is 18.8 Å². The van der Waals surface area contributed by atoms with Crippen molar-refractivity contribution < 1.29 is 10.0 Å². The van der Waals surface area contributed by atoms with Crippen molar-refractivity contribution in [1.29, 1.82) is 0 Å². The number of nitro benzene ring substituents is 1. The Labute approximate surface area is 137 Å². The van der Waals surface area contributed by atoms with Crippen molar-refractivity contribution in [1.82, 2.24) is 15.0 Å². The Kier molecular flexibility index (Phi) is 4.48. The van der Waals surface area contributed by atoms with Crippen LogP contribution in [0.3, 0.4) is 0 Å². The number of hydrogen-bond donors (Lipinski definition) is 2. The molecule has 1 aromatic heterocycles. The second-order valence-corrected chi connectivity index (χ2v) is 5.11. The molecule has 0 unspecified atom stereocenters. The summed E-state index contributed by atoms with van der Waals surface area (Å²) in [5.74, 6) is 0. The van der Waals surface area contributed by atoms with Crippen LogP contribution >= 0.6 is 0 Å². The molecule has 3 aromatic rings. The quantitative estimate of drug-likeness (QED) is 0.532. The van der Waals surface area contributed by atoms with E-state index in [0.29, 0.717) is 16.9 Å². The van der Waals surface area contributed by atoms with Crippen LogP contribution in [-0.2, 0) is 13.2 Å². The number of nitro groups is 1. The number of nitrogens with zero attached hydrogens (tertiary/aromatic N) is 4. The molecular weight excluding hydrogens is 310 g/mol. The highest BCUT2D eigenvalue weighted by Crippen LogP contribution is 2.26. The molecule has 8 heteroatoms. The number of aromatic nitrogens is 3. The minimum Gasteiger partial charge on any atom is -0.392 e. The van der Waals surface area contributed by atoms with Gasteiger partial charge in [-0.25, -0.2) is 4.68 Å². The Morgan fingerprint density at radius 1 is 1.21 bits per heavy atom. The number of nitrogens with one attached hydrogen (secondary N) is 1. The first-order valence-electron chi connectivity index (χ1n) is 7.26. The number of hydrogen-bond acceptors (Lipinski definition) is 6. The number of anilines is 1. The minimum atomic E-state index is -0.468. The fourth-order valence-electron chi connectivity index (χ4n) is 2.25. The highest BCUT2D eigenvalue weighted by atomic mass is 16.6.